The average molecular weight is 206 g/mol. The molecule has 15 heavy (non-hydrogen) atoms. The van der Waals surface area contributed by atoms with Gasteiger partial charge in [0.05, 0.1) is 0 Å². The normalized spacial score (nSPS) is 11.9. The molecule has 3 heteroatoms. The lowest BCUT2D eigenvalue weighted by Crippen LogP contribution is -2.13. The van der Waals surface area contributed by atoms with Crippen LogP contribution in [0.25, 0.3) is 0 Å². The van der Waals surface area contributed by atoms with Gasteiger partial charge >= 0.3 is 5.97 Å². The van der Waals surface area contributed by atoms with Crippen molar-refractivity contribution in [2.45, 2.75) is 13.2 Å². The fraction of sp³-hybridized carbons (Fsp3) is 0.250. The molecule has 0 radical (unpaired) electrons. The molecule has 1 aromatic carbocycles. The number of benzene rings is 1. The third-order valence-corrected chi connectivity index (χ3v) is 1.85. The summed E-state index contributed by atoms with van der Waals surface area (Å²) in [7, 11) is 1.49. The van der Waals surface area contributed by atoms with Crippen LogP contribution in [0, 0.1) is 0 Å². The highest BCUT2D eigenvalue weighted by molar-refractivity contribution is 5.87. The van der Waals surface area contributed by atoms with Crippen molar-refractivity contribution in [1.82, 2.24) is 0 Å². The van der Waals surface area contributed by atoms with Crippen molar-refractivity contribution in [3.05, 3.63) is 48.0 Å². The number of carbonyl (C=O) groups is 1. The van der Waals surface area contributed by atoms with E-state index in [1.807, 2.05) is 30.3 Å². The predicted molar refractivity (Wildman–Crippen MR) is 57.1 cm³/mol. The molecule has 1 rings (SSSR count). The molecule has 1 unspecified atom stereocenters. The Morgan fingerprint density at radius 2 is 1.93 bits per heavy atom. The minimum Gasteiger partial charge on any atom is -0.428 e. The Morgan fingerprint density at radius 3 is 2.40 bits per heavy atom. The van der Waals surface area contributed by atoms with Crippen LogP contribution in [0.5, 0.6) is 0 Å². The molecule has 1 aromatic rings. The van der Waals surface area contributed by atoms with E-state index >= 15 is 0 Å². The zero-order valence-corrected chi connectivity index (χ0v) is 8.90. The van der Waals surface area contributed by atoms with Crippen molar-refractivity contribution in [3.8, 4) is 0 Å². The molecule has 0 aliphatic carbocycles. The van der Waals surface area contributed by atoms with Gasteiger partial charge in [-0.25, -0.2) is 4.79 Å². The van der Waals surface area contributed by atoms with Crippen molar-refractivity contribution < 1.29 is 14.3 Å². The number of methoxy groups -OCH3 is 1. The monoisotopic (exact) mass is 206 g/mol. The minimum atomic E-state index is -0.671. The maximum atomic E-state index is 11.3. The van der Waals surface area contributed by atoms with Gasteiger partial charge in [0.1, 0.15) is 0 Å². The van der Waals surface area contributed by atoms with Gasteiger partial charge in [0.15, 0.2) is 0 Å². The summed E-state index contributed by atoms with van der Waals surface area (Å²) in [5.41, 5.74) is 1.16. The summed E-state index contributed by atoms with van der Waals surface area (Å²) in [5, 5.41) is 0. The van der Waals surface area contributed by atoms with E-state index in [0.29, 0.717) is 5.57 Å². The molecule has 0 aromatic heterocycles. The van der Waals surface area contributed by atoms with Gasteiger partial charge < -0.3 is 9.47 Å². The van der Waals surface area contributed by atoms with E-state index in [1.165, 1.54) is 7.11 Å². The van der Waals surface area contributed by atoms with E-state index in [4.69, 9.17) is 9.47 Å². The second-order valence-corrected chi connectivity index (χ2v) is 3.16. The third-order valence-electron chi connectivity index (χ3n) is 1.85. The standard InChI is InChI=1S/C12H14O3/c1-9(2)11(13)15-12(14-3)10-7-5-4-6-8-10/h4-8,12H,1H2,2-3H3. The summed E-state index contributed by atoms with van der Waals surface area (Å²) in [6.45, 7) is 5.10. The quantitative estimate of drug-likeness (QED) is 0.431. The van der Waals surface area contributed by atoms with Gasteiger partial charge in [-0.3, -0.25) is 0 Å². The van der Waals surface area contributed by atoms with Gasteiger partial charge in [-0.05, 0) is 6.92 Å². The van der Waals surface area contributed by atoms with Gasteiger partial charge in [-0.2, -0.15) is 0 Å². The molecule has 0 spiro atoms. The second-order valence-electron chi connectivity index (χ2n) is 3.16. The van der Waals surface area contributed by atoms with E-state index < -0.39 is 12.3 Å². The highest BCUT2D eigenvalue weighted by Gasteiger charge is 2.15. The van der Waals surface area contributed by atoms with Crippen LogP contribution in [0.4, 0.5) is 0 Å². The lowest BCUT2D eigenvalue weighted by Gasteiger charge is -2.16. The molecule has 0 saturated carbocycles. The van der Waals surface area contributed by atoms with E-state index in [0.717, 1.165) is 5.56 Å². The first-order valence-corrected chi connectivity index (χ1v) is 4.59. The molecule has 80 valence electrons. The van der Waals surface area contributed by atoms with Crippen LogP contribution in [0.3, 0.4) is 0 Å². The number of hydrogen-bond donors (Lipinski definition) is 0. The van der Waals surface area contributed by atoms with E-state index in [1.54, 1.807) is 6.92 Å². The lowest BCUT2D eigenvalue weighted by molar-refractivity contribution is -0.170. The Kier molecular flexibility index (Phi) is 4.06. The van der Waals surface area contributed by atoms with Gasteiger partial charge in [0.25, 0.3) is 0 Å². The van der Waals surface area contributed by atoms with Crippen molar-refractivity contribution in [2.75, 3.05) is 7.11 Å². The van der Waals surface area contributed by atoms with Crippen LogP contribution >= 0.6 is 0 Å². The molecule has 0 fully saturated rings. The van der Waals surface area contributed by atoms with Gasteiger partial charge in [-0.1, -0.05) is 36.9 Å². The first-order valence-electron chi connectivity index (χ1n) is 4.59. The first kappa shape index (κ1) is 11.5. The highest BCUT2D eigenvalue weighted by atomic mass is 16.7. The summed E-state index contributed by atoms with van der Waals surface area (Å²) in [6.07, 6.45) is -0.671. The van der Waals surface area contributed by atoms with Crippen molar-refractivity contribution in [1.29, 1.82) is 0 Å². The van der Waals surface area contributed by atoms with Crippen LogP contribution < -0.4 is 0 Å². The molecule has 0 bridgehead atoms. The van der Waals surface area contributed by atoms with Crippen molar-refractivity contribution in [2.24, 2.45) is 0 Å². The molecule has 0 saturated heterocycles. The van der Waals surface area contributed by atoms with Crippen molar-refractivity contribution in [3.63, 3.8) is 0 Å². The molecule has 0 aliphatic heterocycles. The Morgan fingerprint density at radius 1 is 1.33 bits per heavy atom. The summed E-state index contributed by atoms with van der Waals surface area (Å²) in [4.78, 5) is 11.3. The molecular formula is C12H14O3. The predicted octanol–water partition coefficient (Wildman–Crippen LogP) is 2.45. The van der Waals surface area contributed by atoms with Crippen LogP contribution in [0.15, 0.2) is 42.5 Å². The fourth-order valence-electron chi connectivity index (χ4n) is 1.06. The Labute approximate surface area is 89.3 Å². The van der Waals surface area contributed by atoms with Crippen molar-refractivity contribution >= 4 is 5.97 Å². The Hall–Kier alpha value is -1.61. The second kappa shape index (κ2) is 5.32. The van der Waals surface area contributed by atoms with Crippen LogP contribution in [0.2, 0.25) is 0 Å². The van der Waals surface area contributed by atoms with Crippen LogP contribution in [-0.4, -0.2) is 13.1 Å². The molecule has 1 atom stereocenters. The molecule has 0 heterocycles. The van der Waals surface area contributed by atoms with Crippen LogP contribution in [0.1, 0.15) is 18.8 Å². The maximum Gasteiger partial charge on any atom is 0.335 e. The minimum absolute atomic E-state index is 0.355. The largest absolute Gasteiger partial charge is 0.428 e. The molecule has 3 nitrogen and oxygen atoms in total. The van der Waals surface area contributed by atoms with Gasteiger partial charge in [0, 0.05) is 18.2 Å². The van der Waals surface area contributed by atoms with E-state index in [2.05, 4.69) is 6.58 Å². The number of ether oxygens (including phenoxy) is 2. The lowest BCUT2D eigenvalue weighted by atomic mass is 10.2. The number of esters is 1. The molecule has 0 amide bonds. The summed E-state index contributed by atoms with van der Waals surface area (Å²) in [5.74, 6) is -0.453. The SMILES string of the molecule is C=C(C)C(=O)OC(OC)c1ccccc1. The summed E-state index contributed by atoms with van der Waals surface area (Å²) in [6, 6.07) is 9.27. The van der Waals surface area contributed by atoms with E-state index in [-0.39, 0.29) is 0 Å². The third kappa shape index (κ3) is 3.22. The Balaban J connectivity index is 2.73. The summed E-state index contributed by atoms with van der Waals surface area (Å²) >= 11 is 0. The molecular weight excluding hydrogens is 192 g/mol. The fourth-order valence-corrected chi connectivity index (χ4v) is 1.06. The van der Waals surface area contributed by atoms with Gasteiger partial charge in [0.2, 0.25) is 6.29 Å². The average Bonchev–Trinajstić information content (AvgIpc) is 2.26. The number of rotatable bonds is 4. The smallest absolute Gasteiger partial charge is 0.335 e. The zero-order valence-electron chi connectivity index (χ0n) is 8.90. The molecule has 0 aliphatic rings. The topological polar surface area (TPSA) is 35.5 Å². The zero-order chi connectivity index (χ0) is 11.3. The van der Waals surface area contributed by atoms with E-state index in [9.17, 15) is 4.79 Å². The Bertz CT molecular complexity index is 343. The van der Waals surface area contributed by atoms with Crippen LogP contribution in [-0.2, 0) is 14.3 Å². The highest BCUT2D eigenvalue weighted by Crippen LogP contribution is 2.18. The maximum absolute atomic E-state index is 11.3. The van der Waals surface area contributed by atoms with Gasteiger partial charge in [-0.15, -0.1) is 0 Å². The summed E-state index contributed by atoms with van der Waals surface area (Å²) < 4.78 is 10.2. The number of hydrogen-bond acceptors (Lipinski definition) is 3. The molecule has 0 N–H and O–H groups in total. The first-order chi connectivity index (χ1) is 7.15. The number of carbonyl (C=O) groups excluding carboxylic acids is 1.